The van der Waals surface area contributed by atoms with Gasteiger partial charge in [0.25, 0.3) is 11.6 Å². The van der Waals surface area contributed by atoms with Crippen molar-refractivity contribution in [1.82, 2.24) is 34.8 Å². The molecule has 25 heavy (non-hydrogen) atoms. The van der Waals surface area contributed by atoms with E-state index in [0.717, 1.165) is 21.2 Å². The highest BCUT2D eigenvalue weighted by molar-refractivity contribution is 7.99. The van der Waals surface area contributed by atoms with Crippen LogP contribution in [0.15, 0.2) is 33.8 Å². The Morgan fingerprint density at radius 3 is 2.80 bits per heavy atom. The van der Waals surface area contributed by atoms with Crippen LogP contribution in [0.1, 0.15) is 11.5 Å². The van der Waals surface area contributed by atoms with E-state index in [0.29, 0.717) is 21.7 Å². The van der Waals surface area contributed by atoms with E-state index in [9.17, 15) is 13.2 Å². The van der Waals surface area contributed by atoms with Crippen LogP contribution in [-0.4, -0.2) is 34.8 Å². The summed E-state index contributed by atoms with van der Waals surface area (Å²) in [6.45, 7) is 1.67. The average molecular weight is 383 g/mol. The number of hydrogen-bond acceptors (Lipinski definition) is 7. The fourth-order valence-corrected chi connectivity index (χ4v) is 3.57. The lowest BCUT2D eigenvalue weighted by Gasteiger charge is -2.01. The fraction of sp³-hybridized carbons (Fsp3) is 0.154. The SMILES string of the molecule is Cc1cc(Sc2n[nH]c(-c3cccs3)n2)n2nc(C(F)(F)F)nc2n1. The minimum atomic E-state index is -4.64. The summed E-state index contributed by atoms with van der Waals surface area (Å²) < 4.78 is 39.6. The van der Waals surface area contributed by atoms with E-state index in [1.165, 1.54) is 11.3 Å². The number of fused-ring (bicyclic) bond motifs is 1. The van der Waals surface area contributed by atoms with Crippen molar-refractivity contribution in [3.8, 4) is 10.7 Å². The molecule has 4 rings (SSSR count). The first-order chi connectivity index (χ1) is 11.9. The molecule has 12 heteroatoms. The number of nitrogens with zero attached hydrogens (tertiary/aromatic N) is 6. The van der Waals surface area contributed by atoms with Gasteiger partial charge in [0.1, 0.15) is 5.03 Å². The molecule has 0 saturated heterocycles. The third-order valence-corrected chi connectivity index (χ3v) is 4.82. The largest absolute Gasteiger partial charge is 0.453 e. The highest BCUT2D eigenvalue weighted by Gasteiger charge is 2.37. The highest BCUT2D eigenvalue weighted by Crippen LogP contribution is 2.30. The summed E-state index contributed by atoms with van der Waals surface area (Å²) in [5.41, 5.74) is 0.519. The molecular formula is C13H8F3N7S2. The number of aryl methyl sites for hydroxylation is 1. The van der Waals surface area contributed by atoms with Gasteiger partial charge in [-0.3, -0.25) is 5.10 Å². The van der Waals surface area contributed by atoms with Crippen molar-refractivity contribution in [1.29, 1.82) is 0 Å². The number of hydrogen-bond donors (Lipinski definition) is 1. The Hall–Kier alpha value is -2.47. The maximum absolute atomic E-state index is 12.8. The summed E-state index contributed by atoms with van der Waals surface area (Å²) in [6, 6.07) is 5.38. The van der Waals surface area contributed by atoms with Crippen molar-refractivity contribution in [2.45, 2.75) is 23.3 Å². The smallest absolute Gasteiger partial charge is 0.257 e. The van der Waals surface area contributed by atoms with E-state index in [4.69, 9.17) is 0 Å². The lowest BCUT2D eigenvalue weighted by Crippen LogP contribution is -2.07. The van der Waals surface area contributed by atoms with E-state index in [1.807, 2.05) is 17.5 Å². The molecule has 4 aromatic heterocycles. The molecule has 0 aliphatic heterocycles. The van der Waals surface area contributed by atoms with Gasteiger partial charge in [-0.15, -0.1) is 21.5 Å². The normalized spacial score (nSPS) is 12.2. The highest BCUT2D eigenvalue weighted by atomic mass is 32.2. The van der Waals surface area contributed by atoms with Gasteiger partial charge in [-0.25, -0.2) is 9.97 Å². The Labute approximate surface area is 146 Å². The van der Waals surface area contributed by atoms with Gasteiger partial charge in [0.05, 0.1) is 4.88 Å². The second-order valence-corrected chi connectivity index (χ2v) is 6.86. The Balaban J connectivity index is 1.72. The molecule has 0 aliphatic rings. The first-order valence-corrected chi connectivity index (χ1v) is 8.55. The molecule has 7 nitrogen and oxygen atoms in total. The number of nitrogens with one attached hydrogen (secondary N) is 1. The lowest BCUT2D eigenvalue weighted by atomic mass is 10.4. The van der Waals surface area contributed by atoms with Crippen LogP contribution < -0.4 is 0 Å². The minimum Gasteiger partial charge on any atom is -0.257 e. The molecule has 0 aromatic carbocycles. The molecule has 0 unspecified atom stereocenters. The molecular weight excluding hydrogens is 375 g/mol. The predicted molar refractivity (Wildman–Crippen MR) is 84.3 cm³/mol. The van der Waals surface area contributed by atoms with E-state index >= 15 is 0 Å². The number of aromatic nitrogens is 7. The lowest BCUT2D eigenvalue weighted by molar-refractivity contribution is -0.144. The minimum absolute atomic E-state index is 0.121. The van der Waals surface area contributed by atoms with E-state index < -0.39 is 12.0 Å². The third-order valence-electron chi connectivity index (χ3n) is 3.08. The molecule has 0 amide bonds. The first-order valence-electron chi connectivity index (χ1n) is 6.86. The zero-order valence-electron chi connectivity index (χ0n) is 12.4. The number of thiophene rings is 1. The Morgan fingerprint density at radius 1 is 1.24 bits per heavy atom. The van der Waals surface area contributed by atoms with Crippen molar-refractivity contribution in [3.63, 3.8) is 0 Å². The van der Waals surface area contributed by atoms with Crippen molar-refractivity contribution in [3.05, 3.63) is 35.1 Å². The van der Waals surface area contributed by atoms with Crippen LogP contribution in [0.25, 0.3) is 16.5 Å². The van der Waals surface area contributed by atoms with Crippen LogP contribution in [0.5, 0.6) is 0 Å². The van der Waals surface area contributed by atoms with Crippen LogP contribution in [0.3, 0.4) is 0 Å². The second kappa shape index (κ2) is 5.81. The van der Waals surface area contributed by atoms with Gasteiger partial charge in [0.15, 0.2) is 5.82 Å². The molecule has 0 spiro atoms. The van der Waals surface area contributed by atoms with E-state index in [-0.39, 0.29) is 5.78 Å². The number of alkyl halides is 3. The second-order valence-electron chi connectivity index (χ2n) is 4.93. The molecule has 1 N–H and O–H groups in total. The van der Waals surface area contributed by atoms with Gasteiger partial charge in [0, 0.05) is 5.69 Å². The van der Waals surface area contributed by atoms with E-state index in [1.54, 1.807) is 13.0 Å². The third kappa shape index (κ3) is 3.09. The Kier molecular flexibility index (Phi) is 3.72. The van der Waals surface area contributed by atoms with Gasteiger partial charge < -0.3 is 0 Å². The summed E-state index contributed by atoms with van der Waals surface area (Å²) >= 11 is 2.58. The van der Waals surface area contributed by atoms with Crippen LogP contribution in [0.2, 0.25) is 0 Å². The monoisotopic (exact) mass is 383 g/mol. The van der Waals surface area contributed by atoms with Gasteiger partial charge in [-0.1, -0.05) is 6.07 Å². The maximum atomic E-state index is 12.8. The molecule has 0 aliphatic carbocycles. The first kappa shape index (κ1) is 16.0. The standard InChI is InChI=1S/C13H8F3N7S2/c1-6-5-8(23-11(17-6)19-10(22-23)13(14,15)16)25-12-18-9(20-21-12)7-3-2-4-24-7/h2-5H,1H3,(H,18,20,21). The van der Waals surface area contributed by atoms with Crippen LogP contribution in [0.4, 0.5) is 13.2 Å². The molecule has 0 fully saturated rings. The predicted octanol–water partition coefficient (Wildman–Crippen LogP) is 3.45. The van der Waals surface area contributed by atoms with Gasteiger partial charge in [-0.05, 0) is 36.2 Å². The Bertz CT molecular complexity index is 1040. The average Bonchev–Trinajstić information content (AvgIpc) is 3.25. The molecule has 128 valence electrons. The Morgan fingerprint density at radius 2 is 2.08 bits per heavy atom. The topological polar surface area (TPSA) is 84.7 Å². The quantitative estimate of drug-likeness (QED) is 0.546. The number of H-pyrrole nitrogens is 1. The van der Waals surface area contributed by atoms with Crippen LogP contribution in [-0.2, 0) is 6.18 Å². The van der Waals surface area contributed by atoms with Crippen LogP contribution in [0, 0.1) is 6.92 Å². The molecule has 4 aromatic rings. The molecule has 0 atom stereocenters. The maximum Gasteiger partial charge on any atom is 0.453 e. The molecule has 0 bridgehead atoms. The van der Waals surface area contributed by atoms with E-state index in [2.05, 4.69) is 30.2 Å². The molecule has 4 heterocycles. The summed E-state index contributed by atoms with van der Waals surface area (Å²) in [6.07, 6.45) is -4.64. The number of halogens is 3. The molecule has 0 saturated carbocycles. The van der Waals surface area contributed by atoms with Gasteiger partial charge >= 0.3 is 6.18 Å². The summed E-state index contributed by atoms with van der Waals surface area (Å²) in [7, 11) is 0. The summed E-state index contributed by atoms with van der Waals surface area (Å²) in [5.74, 6) is -0.764. The van der Waals surface area contributed by atoms with Crippen molar-refractivity contribution in [2.24, 2.45) is 0 Å². The van der Waals surface area contributed by atoms with Crippen LogP contribution >= 0.6 is 23.1 Å². The zero-order chi connectivity index (χ0) is 17.6. The fourth-order valence-electron chi connectivity index (χ4n) is 2.06. The van der Waals surface area contributed by atoms with Gasteiger partial charge in [0.2, 0.25) is 5.16 Å². The van der Waals surface area contributed by atoms with Gasteiger partial charge in [-0.2, -0.15) is 22.7 Å². The molecule has 0 radical (unpaired) electrons. The number of aromatic amines is 1. The summed E-state index contributed by atoms with van der Waals surface area (Å²) in [4.78, 5) is 12.7. The van der Waals surface area contributed by atoms with Crippen molar-refractivity contribution >= 4 is 28.9 Å². The van der Waals surface area contributed by atoms with Crippen molar-refractivity contribution < 1.29 is 13.2 Å². The summed E-state index contributed by atoms with van der Waals surface area (Å²) in [5, 5.41) is 13.1. The van der Waals surface area contributed by atoms with Crippen molar-refractivity contribution in [2.75, 3.05) is 0 Å². The number of rotatable bonds is 3. The zero-order valence-corrected chi connectivity index (χ0v) is 14.1.